The molecular formula is C23H20N5O2. The molecule has 0 aliphatic heterocycles. The van der Waals surface area contributed by atoms with Crippen molar-refractivity contribution >= 4 is 5.91 Å². The Kier molecular flexibility index (Phi) is 5.36. The summed E-state index contributed by atoms with van der Waals surface area (Å²) in [7, 11) is 3.44. The van der Waals surface area contributed by atoms with Gasteiger partial charge in [-0.05, 0) is 17.7 Å². The second kappa shape index (κ2) is 8.26. The number of carbonyl (C=O) groups is 1. The lowest BCUT2D eigenvalue weighted by atomic mass is 10.1. The van der Waals surface area contributed by atoms with Crippen LogP contribution in [0.1, 0.15) is 15.9 Å². The van der Waals surface area contributed by atoms with Gasteiger partial charge in [-0.3, -0.25) is 4.79 Å². The Balaban J connectivity index is 1.59. The zero-order valence-corrected chi connectivity index (χ0v) is 16.7. The molecule has 1 amide bonds. The number of hydrogen-bond acceptors (Lipinski definition) is 6. The molecule has 0 saturated carbocycles. The average Bonchev–Trinajstić information content (AvgIpc) is 3.29. The summed E-state index contributed by atoms with van der Waals surface area (Å²) in [6.45, 7) is 0.492. The standard InChI is InChI=1S/C23H20N5O2/c1-28(2)23(29)18-9-7-17(8-10-18)20-13-25-14-21(26-20)22-11-19(27-30-22)16-5-3-15(12-24)4-6-16/h3-11,13H,12,24H2,1-2H3. The Morgan fingerprint density at radius 3 is 2.37 bits per heavy atom. The third-order valence-electron chi connectivity index (χ3n) is 4.65. The normalized spacial score (nSPS) is 10.8. The Morgan fingerprint density at radius 1 is 1.03 bits per heavy atom. The van der Waals surface area contributed by atoms with Crippen LogP contribution in [0.4, 0.5) is 0 Å². The molecule has 7 nitrogen and oxygen atoms in total. The minimum absolute atomic E-state index is 0.0524. The first kappa shape index (κ1) is 19.5. The highest BCUT2D eigenvalue weighted by atomic mass is 16.5. The Hall–Kier alpha value is -3.84. The Bertz CT molecular complexity index is 1160. The predicted molar refractivity (Wildman–Crippen MR) is 113 cm³/mol. The molecule has 2 heterocycles. The summed E-state index contributed by atoms with van der Waals surface area (Å²) >= 11 is 0. The van der Waals surface area contributed by atoms with E-state index in [9.17, 15) is 4.79 Å². The summed E-state index contributed by atoms with van der Waals surface area (Å²) in [6.07, 6.45) is 4.47. The number of hydrogen-bond donors (Lipinski definition) is 1. The molecule has 0 aliphatic carbocycles. The molecule has 1 radical (unpaired) electrons. The van der Waals surface area contributed by atoms with Gasteiger partial charge in [0.05, 0.1) is 11.9 Å². The molecule has 0 bridgehead atoms. The molecule has 2 aromatic carbocycles. The fourth-order valence-corrected chi connectivity index (χ4v) is 2.95. The number of carbonyl (C=O) groups excluding carboxylic acids is 1. The van der Waals surface area contributed by atoms with Crippen molar-refractivity contribution in [2.75, 3.05) is 14.1 Å². The maximum absolute atomic E-state index is 12.1. The average molecular weight is 398 g/mol. The molecule has 2 aromatic heterocycles. The predicted octanol–water partition coefficient (Wildman–Crippen LogP) is 3.43. The van der Waals surface area contributed by atoms with Gasteiger partial charge in [-0.1, -0.05) is 41.6 Å². The molecule has 4 rings (SSSR count). The number of rotatable bonds is 5. The fourth-order valence-electron chi connectivity index (χ4n) is 2.95. The van der Waals surface area contributed by atoms with Gasteiger partial charge in [-0.2, -0.15) is 0 Å². The minimum Gasteiger partial charge on any atom is -0.354 e. The first-order valence-corrected chi connectivity index (χ1v) is 9.38. The quantitative estimate of drug-likeness (QED) is 0.553. The highest BCUT2D eigenvalue weighted by Crippen LogP contribution is 2.26. The van der Waals surface area contributed by atoms with Gasteiger partial charge in [-0.15, -0.1) is 0 Å². The molecule has 2 N–H and O–H groups in total. The maximum Gasteiger partial charge on any atom is 0.253 e. The van der Waals surface area contributed by atoms with Crippen molar-refractivity contribution < 1.29 is 9.32 Å². The van der Waals surface area contributed by atoms with E-state index >= 15 is 0 Å². The van der Waals surface area contributed by atoms with Gasteiger partial charge in [0.2, 0.25) is 0 Å². The van der Waals surface area contributed by atoms with E-state index in [0.29, 0.717) is 35.0 Å². The van der Waals surface area contributed by atoms with Gasteiger partial charge >= 0.3 is 0 Å². The van der Waals surface area contributed by atoms with E-state index in [1.165, 1.54) is 4.90 Å². The van der Waals surface area contributed by atoms with Gasteiger partial charge in [-0.25, -0.2) is 9.97 Å². The second-order valence-electron chi connectivity index (χ2n) is 6.97. The third kappa shape index (κ3) is 3.97. The molecule has 0 unspecified atom stereocenters. The van der Waals surface area contributed by atoms with Gasteiger partial charge in [0.25, 0.3) is 5.91 Å². The number of benzene rings is 2. The highest BCUT2D eigenvalue weighted by Gasteiger charge is 2.13. The third-order valence-corrected chi connectivity index (χ3v) is 4.65. The Morgan fingerprint density at radius 2 is 1.70 bits per heavy atom. The van der Waals surface area contributed by atoms with Crippen molar-refractivity contribution in [1.82, 2.24) is 20.0 Å². The number of aromatic nitrogens is 3. The first-order valence-electron chi connectivity index (χ1n) is 9.38. The SMILES string of the molecule is CN(C)C(=O)c1ccc(-c2cn[c]c(-c3cc(-c4ccc(CN)cc4)no3)n2)cc1. The van der Waals surface area contributed by atoms with Gasteiger partial charge in [0, 0.05) is 43.4 Å². The van der Waals surface area contributed by atoms with Crippen molar-refractivity contribution in [1.29, 1.82) is 0 Å². The molecule has 0 aliphatic rings. The van der Waals surface area contributed by atoms with E-state index in [4.69, 9.17) is 10.3 Å². The summed E-state index contributed by atoms with van der Waals surface area (Å²) in [5, 5.41) is 4.13. The van der Waals surface area contributed by atoms with Crippen molar-refractivity contribution in [3.8, 4) is 34.0 Å². The summed E-state index contributed by atoms with van der Waals surface area (Å²) in [6, 6.07) is 16.9. The fraction of sp³-hybridized carbons (Fsp3) is 0.130. The molecule has 0 fully saturated rings. The molecular weight excluding hydrogens is 378 g/mol. The maximum atomic E-state index is 12.1. The summed E-state index contributed by atoms with van der Waals surface area (Å²) < 4.78 is 5.47. The van der Waals surface area contributed by atoms with Crippen molar-refractivity contribution in [3.63, 3.8) is 0 Å². The molecule has 7 heteroatoms. The van der Waals surface area contributed by atoms with Gasteiger partial charge in [0.15, 0.2) is 5.76 Å². The van der Waals surface area contributed by atoms with Gasteiger partial charge in [0.1, 0.15) is 17.6 Å². The summed E-state index contributed by atoms with van der Waals surface area (Å²) in [4.78, 5) is 22.3. The second-order valence-corrected chi connectivity index (χ2v) is 6.97. The molecule has 149 valence electrons. The zero-order valence-electron chi connectivity index (χ0n) is 16.7. The molecule has 0 saturated heterocycles. The lowest BCUT2D eigenvalue weighted by molar-refractivity contribution is 0.0827. The van der Waals surface area contributed by atoms with Crippen LogP contribution in [0.15, 0.2) is 65.3 Å². The van der Waals surface area contributed by atoms with Crippen LogP contribution in [0.2, 0.25) is 0 Å². The van der Waals surface area contributed by atoms with Crippen molar-refractivity contribution in [2.24, 2.45) is 5.73 Å². The smallest absolute Gasteiger partial charge is 0.253 e. The zero-order chi connectivity index (χ0) is 21.1. The van der Waals surface area contributed by atoms with Gasteiger partial charge < -0.3 is 15.2 Å². The van der Waals surface area contributed by atoms with E-state index in [1.54, 1.807) is 38.5 Å². The highest BCUT2D eigenvalue weighted by molar-refractivity contribution is 5.94. The molecule has 4 aromatic rings. The van der Waals surface area contributed by atoms with Crippen LogP contribution in [-0.4, -0.2) is 40.0 Å². The number of nitrogens with two attached hydrogens (primary N) is 1. The van der Waals surface area contributed by atoms with E-state index in [1.807, 2.05) is 36.4 Å². The van der Waals surface area contributed by atoms with E-state index in [2.05, 4.69) is 21.3 Å². The minimum atomic E-state index is -0.0524. The van der Waals surface area contributed by atoms with E-state index in [0.717, 1.165) is 16.7 Å². The van der Waals surface area contributed by atoms with Crippen LogP contribution in [0.5, 0.6) is 0 Å². The van der Waals surface area contributed by atoms with Crippen LogP contribution in [0, 0.1) is 6.20 Å². The van der Waals surface area contributed by atoms with Crippen LogP contribution >= 0.6 is 0 Å². The first-order chi connectivity index (χ1) is 14.5. The largest absolute Gasteiger partial charge is 0.354 e. The van der Waals surface area contributed by atoms with E-state index in [-0.39, 0.29) is 5.91 Å². The topological polar surface area (TPSA) is 98.1 Å². The molecule has 30 heavy (non-hydrogen) atoms. The molecule has 0 atom stereocenters. The monoisotopic (exact) mass is 398 g/mol. The van der Waals surface area contributed by atoms with Crippen LogP contribution < -0.4 is 5.73 Å². The molecule has 0 spiro atoms. The lowest BCUT2D eigenvalue weighted by Crippen LogP contribution is -2.21. The van der Waals surface area contributed by atoms with Crippen LogP contribution in [-0.2, 0) is 6.54 Å². The summed E-state index contributed by atoms with van der Waals surface area (Å²) in [5.41, 5.74) is 10.9. The Labute approximate surface area is 174 Å². The lowest BCUT2D eigenvalue weighted by Gasteiger charge is -2.10. The number of amides is 1. The van der Waals surface area contributed by atoms with Crippen LogP contribution in [0.25, 0.3) is 34.0 Å². The van der Waals surface area contributed by atoms with Crippen molar-refractivity contribution in [2.45, 2.75) is 6.54 Å². The van der Waals surface area contributed by atoms with Crippen molar-refractivity contribution in [3.05, 3.63) is 78.1 Å². The summed E-state index contributed by atoms with van der Waals surface area (Å²) in [5.74, 6) is 0.421. The number of nitrogens with zero attached hydrogens (tertiary/aromatic N) is 4. The van der Waals surface area contributed by atoms with E-state index < -0.39 is 0 Å². The van der Waals surface area contributed by atoms with Crippen LogP contribution in [0.3, 0.4) is 0 Å².